The highest BCUT2D eigenvalue weighted by molar-refractivity contribution is 5.97. The molecule has 1 amide bonds. The zero-order valence-electron chi connectivity index (χ0n) is 16.0. The van der Waals surface area contributed by atoms with Crippen LogP contribution in [-0.4, -0.2) is 47.7 Å². The molecule has 1 aliphatic rings. The maximum absolute atomic E-state index is 13.0. The Kier molecular flexibility index (Phi) is 5.49. The Morgan fingerprint density at radius 2 is 2.08 bits per heavy atom. The van der Waals surface area contributed by atoms with Crippen LogP contribution in [0.1, 0.15) is 34.7 Å². The summed E-state index contributed by atoms with van der Waals surface area (Å²) in [4.78, 5) is 19.4. The van der Waals surface area contributed by atoms with Crippen LogP contribution >= 0.6 is 0 Å². The molecule has 0 spiro atoms. The summed E-state index contributed by atoms with van der Waals surface area (Å²) in [5.74, 6) is 2.72. The molecule has 3 rings (SSSR count). The Morgan fingerprint density at radius 3 is 2.73 bits per heavy atom. The van der Waals surface area contributed by atoms with E-state index in [0.717, 1.165) is 38.3 Å². The second-order valence-electron chi connectivity index (χ2n) is 6.88. The van der Waals surface area contributed by atoms with E-state index in [2.05, 4.69) is 16.5 Å². The third-order valence-corrected chi connectivity index (χ3v) is 5.14. The van der Waals surface area contributed by atoms with E-state index < -0.39 is 0 Å². The first-order valence-corrected chi connectivity index (χ1v) is 9.03. The molecule has 0 aliphatic carbocycles. The van der Waals surface area contributed by atoms with Crippen molar-refractivity contribution >= 4 is 5.91 Å². The van der Waals surface area contributed by atoms with E-state index in [0.29, 0.717) is 23.0 Å². The van der Waals surface area contributed by atoms with E-state index in [9.17, 15) is 4.79 Å². The Labute approximate surface area is 154 Å². The van der Waals surface area contributed by atoms with Gasteiger partial charge in [-0.05, 0) is 44.7 Å². The van der Waals surface area contributed by atoms with Gasteiger partial charge in [-0.3, -0.25) is 4.79 Å². The van der Waals surface area contributed by atoms with Crippen LogP contribution in [0.3, 0.4) is 0 Å². The summed E-state index contributed by atoms with van der Waals surface area (Å²) in [6, 6.07) is 5.34. The van der Waals surface area contributed by atoms with Crippen LogP contribution in [0.2, 0.25) is 0 Å². The molecular formula is C20H27N3O3. The van der Waals surface area contributed by atoms with Crippen LogP contribution in [0.15, 0.2) is 24.4 Å². The number of imidazole rings is 1. The van der Waals surface area contributed by atoms with Gasteiger partial charge in [0.25, 0.3) is 5.91 Å². The molecule has 0 N–H and O–H groups in total. The molecule has 1 fully saturated rings. The fraction of sp³-hybridized carbons (Fsp3) is 0.500. The molecule has 0 bridgehead atoms. The minimum atomic E-state index is 0.0216. The van der Waals surface area contributed by atoms with Gasteiger partial charge < -0.3 is 18.9 Å². The Hall–Kier alpha value is -2.50. The molecule has 6 heteroatoms. The first kappa shape index (κ1) is 18.3. The predicted octanol–water partition coefficient (Wildman–Crippen LogP) is 3.07. The molecule has 1 atom stereocenters. The Balaban J connectivity index is 1.74. The minimum absolute atomic E-state index is 0.0216. The molecule has 0 radical (unpaired) electrons. The molecule has 1 aromatic heterocycles. The van der Waals surface area contributed by atoms with Crippen LogP contribution in [0.25, 0.3) is 0 Å². The van der Waals surface area contributed by atoms with Gasteiger partial charge in [0.15, 0.2) is 0 Å². The van der Waals surface area contributed by atoms with Crippen LogP contribution < -0.4 is 9.47 Å². The number of rotatable bonds is 5. The van der Waals surface area contributed by atoms with Gasteiger partial charge in [0, 0.05) is 37.6 Å². The largest absolute Gasteiger partial charge is 0.497 e. The average molecular weight is 357 g/mol. The van der Waals surface area contributed by atoms with Crippen molar-refractivity contribution in [1.29, 1.82) is 0 Å². The smallest absolute Gasteiger partial charge is 0.257 e. The lowest BCUT2D eigenvalue weighted by Crippen LogP contribution is -2.41. The van der Waals surface area contributed by atoms with Gasteiger partial charge in [0.05, 0.1) is 19.8 Å². The van der Waals surface area contributed by atoms with E-state index in [1.54, 1.807) is 32.4 Å². The molecule has 1 aromatic carbocycles. The summed E-state index contributed by atoms with van der Waals surface area (Å²) in [6.45, 7) is 6.55. The summed E-state index contributed by atoms with van der Waals surface area (Å²) in [5.41, 5.74) is 1.76. The van der Waals surface area contributed by atoms with E-state index >= 15 is 0 Å². The standard InChI is InChI=1S/C20H27N3O3/c1-14-11-21-15(2)23(14)13-16-6-5-9-22(12-16)20(24)18-8-7-17(25-3)10-19(18)26-4/h7-8,10-11,16H,5-6,9,12-13H2,1-4H3. The second-order valence-corrected chi connectivity index (χ2v) is 6.88. The fourth-order valence-electron chi connectivity index (χ4n) is 3.66. The molecule has 1 unspecified atom stereocenters. The Bertz CT molecular complexity index is 765. The van der Waals surface area contributed by atoms with Crippen molar-refractivity contribution in [3.05, 3.63) is 41.5 Å². The number of amides is 1. The van der Waals surface area contributed by atoms with Crippen LogP contribution in [-0.2, 0) is 6.54 Å². The minimum Gasteiger partial charge on any atom is -0.497 e. The highest BCUT2D eigenvalue weighted by atomic mass is 16.5. The molecule has 140 valence electrons. The fourth-order valence-corrected chi connectivity index (χ4v) is 3.66. The lowest BCUT2D eigenvalue weighted by molar-refractivity contribution is 0.0658. The number of benzene rings is 1. The van der Waals surface area contributed by atoms with Crippen molar-refractivity contribution in [1.82, 2.24) is 14.5 Å². The second kappa shape index (κ2) is 7.81. The number of nitrogens with zero attached hydrogens (tertiary/aromatic N) is 3. The molecule has 2 aromatic rings. The molecule has 6 nitrogen and oxygen atoms in total. The highest BCUT2D eigenvalue weighted by Gasteiger charge is 2.27. The number of methoxy groups -OCH3 is 2. The zero-order chi connectivity index (χ0) is 18.7. The summed E-state index contributed by atoms with van der Waals surface area (Å²) in [6.07, 6.45) is 4.05. The predicted molar refractivity (Wildman–Crippen MR) is 99.9 cm³/mol. The SMILES string of the molecule is COc1ccc(C(=O)N2CCCC(Cn3c(C)cnc3C)C2)c(OC)c1. The van der Waals surface area contributed by atoms with E-state index in [4.69, 9.17) is 9.47 Å². The maximum Gasteiger partial charge on any atom is 0.257 e. The number of hydrogen-bond donors (Lipinski definition) is 0. The van der Waals surface area contributed by atoms with Gasteiger partial charge in [-0.15, -0.1) is 0 Å². The number of carbonyl (C=O) groups excluding carboxylic acids is 1. The van der Waals surface area contributed by atoms with Gasteiger partial charge in [-0.1, -0.05) is 0 Å². The summed E-state index contributed by atoms with van der Waals surface area (Å²) in [7, 11) is 3.18. The molecule has 0 saturated carbocycles. The molecule has 1 saturated heterocycles. The zero-order valence-corrected chi connectivity index (χ0v) is 16.0. The molecule has 26 heavy (non-hydrogen) atoms. The number of likely N-dealkylation sites (tertiary alicyclic amines) is 1. The third-order valence-electron chi connectivity index (χ3n) is 5.14. The first-order valence-electron chi connectivity index (χ1n) is 9.03. The number of carbonyl (C=O) groups is 1. The number of ether oxygens (including phenoxy) is 2. The van der Waals surface area contributed by atoms with Gasteiger partial charge in [-0.2, -0.15) is 0 Å². The monoisotopic (exact) mass is 357 g/mol. The number of hydrogen-bond acceptors (Lipinski definition) is 4. The van der Waals surface area contributed by atoms with Crippen molar-refractivity contribution in [2.75, 3.05) is 27.3 Å². The topological polar surface area (TPSA) is 56.6 Å². The van der Waals surface area contributed by atoms with Gasteiger partial charge in [0.1, 0.15) is 17.3 Å². The van der Waals surface area contributed by atoms with Gasteiger partial charge in [-0.25, -0.2) is 4.98 Å². The molecule has 2 heterocycles. The van der Waals surface area contributed by atoms with Crippen LogP contribution in [0.5, 0.6) is 11.5 Å². The normalized spacial score (nSPS) is 17.2. The van der Waals surface area contributed by atoms with Crippen molar-refractivity contribution < 1.29 is 14.3 Å². The van der Waals surface area contributed by atoms with Crippen LogP contribution in [0, 0.1) is 19.8 Å². The number of aromatic nitrogens is 2. The van der Waals surface area contributed by atoms with Crippen molar-refractivity contribution in [3.8, 4) is 11.5 Å². The van der Waals surface area contributed by atoms with E-state index in [1.807, 2.05) is 18.0 Å². The average Bonchev–Trinajstić information content (AvgIpc) is 2.99. The summed E-state index contributed by atoms with van der Waals surface area (Å²) in [5, 5.41) is 0. The molecule has 1 aliphatic heterocycles. The highest BCUT2D eigenvalue weighted by Crippen LogP contribution is 2.28. The molecular weight excluding hydrogens is 330 g/mol. The van der Waals surface area contributed by atoms with Crippen LogP contribution in [0.4, 0.5) is 0 Å². The Morgan fingerprint density at radius 1 is 1.27 bits per heavy atom. The lowest BCUT2D eigenvalue weighted by Gasteiger charge is -2.33. The van der Waals surface area contributed by atoms with E-state index in [-0.39, 0.29) is 5.91 Å². The van der Waals surface area contributed by atoms with Crippen molar-refractivity contribution in [3.63, 3.8) is 0 Å². The summed E-state index contributed by atoms with van der Waals surface area (Å²) >= 11 is 0. The number of aryl methyl sites for hydroxylation is 2. The number of piperidine rings is 1. The maximum atomic E-state index is 13.0. The summed E-state index contributed by atoms with van der Waals surface area (Å²) < 4.78 is 12.9. The quantitative estimate of drug-likeness (QED) is 0.825. The first-order chi connectivity index (χ1) is 12.5. The van der Waals surface area contributed by atoms with Gasteiger partial charge >= 0.3 is 0 Å². The van der Waals surface area contributed by atoms with E-state index in [1.165, 1.54) is 5.69 Å². The lowest BCUT2D eigenvalue weighted by atomic mass is 9.97. The third kappa shape index (κ3) is 3.69. The van der Waals surface area contributed by atoms with Gasteiger partial charge in [0.2, 0.25) is 0 Å². The van der Waals surface area contributed by atoms with Crippen molar-refractivity contribution in [2.45, 2.75) is 33.2 Å². The van der Waals surface area contributed by atoms with Crippen molar-refractivity contribution in [2.24, 2.45) is 5.92 Å².